The van der Waals surface area contributed by atoms with E-state index < -0.39 is 21.8 Å². The van der Waals surface area contributed by atoms with Crippen molar-refractivity contribution in [3.05, 3.63) is 0 Å². The van der Waals surface area contributed by atoms with Gasteiger partial charge in [-0.25, -0.2) is 0 Å². The van der Waals surface area contributed by atoms with Crippen molar-refractivity contribution in [1.29, 1.82) is 0 Å². The lowest BCUT2D eigenvalue weighted by atomic mass is 10.8. The molecule has 0 atom stereocenters. The summed E-state index contributed by atoms with van der Waals surface area (Å²) in [6.07, 6.45) is 0. The van der Waals surface area contributed by atoms with Crippen molar-refractivity contribution in [2.45, 2.75) is 0 Å². The number of hydrogen-bond acceptors (Lipinski definition) is 4. The van der Waals surface area contributed by atoms with Gasteiger partial charge in [-0.2, -0.15) is 8.42 Å². The van der Waals surface area contributed by atoms with Crippen LogP contribution in [0, 0.1) is 0 Å². The molecular formula is C4H11NO5S. The van der Waals surface area contributed by atoms with E-state index in [1.54, 1.807) is 0 Å². The zero-order chi connectivity index (χ0) is 9.49. The molecule has 0 aliphatic rings. The molecule has 0 aromatic heterocycles. The van der Waals surface area contributed by atoms with Crippen LogP contribution in [0.2, 0.25) is 0 Å². The van der Waals surface area contributed by atoms with Crippen molar-refractivity contribution in [2.75, 3.05) is 19.8 Å². The molecule has 0 fully saturated rings. The van der Waals surface area contributed by atoms with E-state index in [1.165, 1.54) is 0 Å². The highest BCUT2D eigenvalue weighted by Gasteiger charge is 2.09. The molecule has 7 heteroatoms. The Morgan fingerprint density at radius 1 is 1.45 bits per heavy atom. The molecule has 0 radical (unpaired) electrons. The number of nitrogens with one attached hydrogen (secondary N) is 1. The lowest BCUT2D eigenvalue weighted by Gasteiger charge is -1.85. The van der Waals surface area contributed by atoms with Crippen molar-refractivity contribution in [3.8, 4) is 0 Å². The third-order valence-electron chi connectivity index (χ3n) is 0.306. The zero-order valence-electron chi connectivity index (χ0n) is 6.23. The molecule has 6 nitrogen and oxygen atoms in total. The summed E-state index contributed by atoms with van der Waals surface area (Å²) >= 11 is 0. The van der Waals surface area contributed by atoms with Crippen molar-refractivity contribution >= 4 is 16.1 Å². The zero-order valence-corrected chi connectivity index (χ0v) is 7.05. The van der Waals surface area contributed by atoms with Crippen LogP contribution < -0.4 is 5.32 Å². The maximum atomic E-state index is 9.62. The Labute approximate surface area is 65.0 Å². The van der Waals surface area contributed by atoms with Crippen molar-refractivity contribution in [1.82, 2.24) is 5.32 Å². The normalized spacial score (nSPS) is 9.73. The minimum Gasteiger partial charge on any atom is -0.480 e. The Hall–Kier alpha value is -0.660. The van der Waals surface area contributed by atoms with E-state index in [9.17, 15) is 13.2 Å². The first-order valence-corrected chi connectivity index (χ1v) is 4.20. The summed E-state index contributed by atoms with van der Waals surface area (Å²) in [7, 11) is -0.573. The van der Waals surface area contributed by atoms with E-state index >= 15 is 0 Å². The standard InChI is InChI=1S/C2H7N.C2H4O5S/c1-3-2;3-2(4)1-8(5,6)7/h3H,1-2H3;1H2,(H,3,4)(H,5,6,7). The molecule has 0 aliphatic carbocycles. The van der Waals surface area contributed by atoms with E-state index in [0.717, 1.165) is 0 Å². The molecule has 0 aromatic rings. The van der Waals surface area contributed by atoms with Crippen molar-refractivity contribution in [3.63, 3.8) is 0 Å². The van der Waals surface area contributed by atoms with Gasteiger partial charge in [0.25, 0.3) is 10.1 Å². The van der Waals surface area contributed by atoms with E-state index in [0.29, 0.717) is 0 Å². The van der Waals surface area contributed by atoms with Crippen LogP contribution in [0.25, 0.3) is 0 Å². The lowest BCUT2D eigenvalue weighted by Crippen LogP contribution is -2.13. The van der Waals surface area contributed by atoms with Crippen LogP contribution in [0.3, 0.4) is 0 Å². The van der Waals surface area contributed by atoms with Gasteiger partial charge in [0, 0.05) is 0 Å². The van der Waals surface area contributed by atoms with Gasteiger partial charge in [0.2, 0.25) is 0 Å². The van der Waals surface area contributed by atoms with Gasteiger partial charge in [-0.05, 0) is 14.1 Å². The van der Waals surface area contributed by atoms with Crippen LogP contribution >= 0.6 is 0 Å². The lowest BCUT2D eigenvalue weighted by molar-refractivity contribution is -0.134. The van der Waals surface area contributed by atoms with Crippen LogP contribution in [-0.4, -0.2) is 43.9 Å². The highest BCUT2D eigenvalue weighted by Crippen LogP contribution is 1.78. The molecule has 0 saturated carbocycles. The fourth-order valence-electron chi connectivity index (χ4n) is 0.156. The van der Waals surface area contributed by atoms with Crippen LogP contribution in [0.1, 0.15) is 0 Å². The minimum atomic E-state index is -4.32. The topological polar surface area (TPSA) is 104 Å². The summed E-state index contributed by atoms with van der Waals surface area (Å²) in [4.78, 5) is 9.48. The molecule has 0 saturated heterocycles. The Morgan fingerprint density at radius 2 is 1.73 bits per heavy atom. The van der Waals surface area contributed by atoms with E-state index in [-0.39, 0.29) is 0 Å². The molecule has 68 valence electrons. The first kappa shape index (κ1) is 13.0. The van der Waals surface area contributed by atoms with Gasteiger partial charge < -0.3 is 10.4 Å². The number of carboxylic acids is 1. The molecule has 0 aromatic carbocycles. The van der Waals surface area contributed by atoms with Gasteiger partial charge in [-0.1, -0.05) is 0 Å². The SMILES string of the molecule is CNC.O=C(O)CS(=O)(=O)O. The van der Waals surface area contributed by atoms with Crippen molar-refractivity contribution in [2.24, 2.45) is 0 Å². The first-order chi connectivity index (χ1) is 4.83. The maximum Gasteiger partial charge on any atom is 0.321 e. The smallest absolute Gasteiger partial charge is 0.321 e. The van der Waals surface area contributed by atoms with E-state index in [2.05, 4.69) is 5.32 Å². The Morgan fingerprint density at radius 3 is 1.73 bits per heavy atom. The number of hydrogen-bond donors (Lipinski definition) is 3. The average molecular weight is 185 g/mol. The van der Waals surface area contributed by atoms with Crippen LogP contribution in [0.4, 0.5) is 0 Å². The molecule has 0 spiro atoms. The van der Waals surface area contributed by atoms with Gasteiger partial charge in [0.05, 0.1) is 0 Å². The largest absolute Gasteiger partial charge is 0.480 e. The van der Waals surface area contributed by atoms with Gasteiger partial charge in [0.15, 0.2) is 5.75 Å². The second-order valence-corrected chi connectivity index (χ2v) is 3.07. The fourth-order valence-corrected chi connectivity index (χ4v) is 0.468. The highest BCUT2D eigenvalue weighted by molar-refractivity contribution is 7.86. The van der Waals surface area contributed by atoms with Gasteiger partial charge >= 0.3 is 5.97 Å². The number of aliphatic carboxylic acids is 1. The fraction of sp³-hybridized carbons (Fsp3) is 0.750. The third-order valence-corrected chi connectivity index (χ3v) is 0.918. The Kier molecular flexibility index (Phi) is 7.16. The summed E-state index contributed by atoms with van der Waals surface area (Å²) < 4.78 is 27.0. The number of carboxylic acid groups (broad SMARTS) is 1. The first-order valence-electron chi connectivity index (χ1n) is 2.59. The monoisotopic (exact) mass is 185 g/mol. The highest BCUT2D eigenvalue weighted by atomic mass is 32.2. The second kappa shape index (κ2) is 6.08. The summed E-state index contributed by atoms with van der Waals surface area (Å²) in [6.45, 7) is 0. The van der Waals surface area contributed by atoms with Crippen LogP contribution in [-0.2, 0) is 14.9 Å². The van der Waals surface area contributed by atoms with Crippen LogP contribution in [0.15, 0.2) is 0 Å². The molecule has 0 rings (SSSR count). The minimum absolute atomic E-state index is 1.23. The second-order valence-electron chi connectivity index (χ2n) is 1.62. The third kappa shape index (κ3) is 26.7. The molecule has 0 bridgehead atoms. The molecule has 0 unspecified atom stereocenters. The van der Waals surface area contributed by atoms with Gasteiger partial charge in [0.1, 0.15) is 0 Å². The molecule has 11 heavy (non-hydrogen) atoms. The quantitative estimate of drug-likeness (QED) is 0.466. The van der Waals surface area contributed by atoms with Crippen LogP contribution in [0.5, 0.6) is 0 Å². The number of rotatable bonds is 2. The Bertz CT molecular complexity index is 197. The molecular weight excluding hydrogens is 174 g/mol. The summed E-state index contributed by atoms with van der Waals surface area (Å²) in [5.74, 6) is -2.79. The summed E-state index contributed by atoms with van der Waals surface area (Å²) in [5.41, 5.74) is 0. The molecule has 0 heterocycles. The predicted molar refractivity (Wildman–Crippen MR) is 39.0 cm³/mol. The average Bonchev–Trinajstić information content (AvgIpc) is 1.57. The Balaban J connectivity index is 0. The molecule has 3 N–H and O–H groups in total. The predicted octanol–water partition coefficient (Wildman–Crippen LogP) is -1.21. The van der Waals surface area contributed by atoms with E-state index in [4.69, 9.17) is 9.66 Å². The molecule has 0 aliphatic heterocycles. The van der Waals surface area contributed by atoms with E-state index in [1.807, 2.05) is 14.1 Å². The summed E-state index contributed by atoms with van der Waals surface area (Å²) in [5, 5.41) is 10.5. The van der Waals surface area contributed by atoms with Gasteiger partial charge in [-0.15, -0.1) is 0 Å². The summed E-state index contributed by atoms with van der Waals surface area (Å²) in [6, 6.07) is 0. The maximum absolute atomic E-state index is 9.62. The van der Waals surface area contributed by atoms with Crippen molar-refractivity contribution < 1.29 is 22.9 Å². The molecule has 0 amide bonds. The number of carbonyl (C=O) groups is 1. The van der Waals surface area contributed by atoms with Gasteiger partial charge in [-0.3, -0.25) is 9.35 Å².